The van der Waals surface area contributed by atoms with Crippen LogP contribution >= 0.6 is 0 Å². The van der Waals surface area contributed by atoms with Gasteiger partial charge in [0.25, 0.3) is 11.7 Å². The number of carbonyl (C=O) groups excluding carboxylic acids is 2. The molecule has 2 aliphatic rings. The van der Waals surface area contributed by atoms with E-state index in [0.717, 1.165) is 28.9 Å². The maximum Gasteiger partial charge on any atom is 0.300 e. The number of Topliss-reactive ketones (excluding diaryl/α,β-unsaturated/α-hetero) is 1. The van der Waals surface area contributed by atoms with E-state index in [1.807, 2.05) is 43.3 Å². The number of anilines is 1. The van der Waals surface area contributed by atoms with E-state index in [1.54, 1.807) is 30.3 Å². The molecule has 6 heteroatoms. The van der Waals surface area contributed by atoms with Crippen LogP contribution in [0.3, 0.4) is 0 Å². The molecule has 1 N–H and O–H groups in total. The standard InChI is InChI=1S/C30H29NO5/c1-4-35-24-7-5-6-23(17-24)31-27(20-10-8-19(9-11-20)18(2)3)26(29(33)30(31)34)28(32)22-12-13-25-21(16-22)14-15-36-25/h5-13,16-18,27,32H,4,14-15H2,1-3H3/b28-26-. The third-order valence-corrected chi connectivity index (χ3v) is 6.73. The number of benzene rings is 3. The topological polar surface area (TPSA) is 76.1 Å². The fraction of sp³-hybridized carbons (Fsp3) is 0.267. The second-order valence-corrected chi connectivity index (χ2v) is 9.34. The Bertz CT molecular complexity index is 1360. The minimum absolute atomic E-state index is 0.0676. The van der Waals surface area contributed by atoms with Gasteiger partial charge in [0.1, 0.15) is 17.3 Å². The molecule has 1 fully saturated rings. The highest BCUT2D eigenvalue weighted by atomic mass is 16.5. The first-order chi connectivity index (χ1) is 17.4. The molecule has 0 bridgehead atoms. The van der Waals surface area contributed by atoms with Crippen LogP contribution in [0.25, 0.3) is 5.76 Å². The Hall–Kier alpha value is -4.06. The molecule has 1 unspecified atom stereocenters. The highest BCUT2D eigenvalue weighted by Gasteiger charge is 2.47. The summed E-state index contributed by atoms with van der Waals surface area (Å²) in [5, 5.41) is 11.4. The number of rotatable bonds is 6. The number of hydrogen-bond donors (Lipinski definition) is 1. The van der Waals surface area contributed by atoms with Gasteiger partial charge in [0.15, 0.2) is 0 Å². The number of nitrogens with zero attached hydrogens (tertiary/aromatic N) is 1. The first-order valence-electron chi connectivity index (χ1n) is 12.3. The average Bonchev–Trinajstić information content (AvgIpc) is 3.46. The van der Waals surface area contributed by atoms with Crippen LogP contribution in [0, 0.1) is 0 Å². The lowest BCUT2D eigenvalue weighted by Crippen LogP contribution is -2.29. The van der Waals surface area contributed by atoms with E-state index in [0.29, 0.717) is 36.1 Å². The smallest absolute Gasteiger partial charge is 0.300 e. The maximum atomic E-state index is 13.4. The van der Waals surface area contributed by atoms with E-state index in [1.165, 1.54) is 4.90 Å². The van der Waals surface area contributed by atoms with Crippen molar-refractivity contribution in [2.75, 3.05) is 18.1 Å². The van der Waals surface area contributed by atoms with Crippen LogP contribution in [0.15, 0.2) is 72.3 Å². The zero-order valence-corrected chi connectivity index (χ0v) is 20.7. The highest BCUT2D eigenvalue weighted by molar-refractivity contribution is 6.51. The van der Waals surface area contributed by atoms with Crippen LogP contribution in [0.2, 0.25) is 0 Å². The van der Waals surface area contributed by atoms with Crippen molar-refractivity contribution >= 4 is 23.1 Å². The number of ether oxygens (including phenoxy) is 2. The van der Waals surface area contributed by atoms with E-state index < -0.39 is 17.7 Å². The van der Waals surface area contributed by atoms with E-state index in [4.69, 9.17) is 9.47 Å². The number of ketones is 1. The van der Waals surface area contributed by atoms with Crippen molar-refractivity contribution in [2.45, 2.75) is 39.2 Å². The molecule has 6 nitrogen and oxygen atoms in total. The van der Waals surface area contributed by atoms with Gasteiger partial charge >= 0.3 is 0 Å². The molecular formula is C30H29NO5. The monoisotopic (exact) mass is 483 g/mol. The molecule has 1 amide bonds. The Morgan fingerprint density at radius 3 is 2.58 bits per heavy atom. The molecule has 3 aromatic carbocycles. The van der Waals surface area contributed by atoms with Gasteiger partial charge in [-0.05, 0) is 59.9 Å². The molecule has 0 spiro atoms. The summed E-state index contributed by atoms with van der Waals surface area (Å²) < 4.78 is 11.2. The quantitative estimate of drug-likeness (QED) is 0.274. The Balaban J connectivity index is 1.67. The van der Waals surface area contributed by atoms with E-state index >= 15 is 0 Å². The average molecular weight is 484 g/mol. The number of fused-ring (bicyclic) bond motifs is 1. The molecule has 2 heterocycles. The molecule has 0 radical (unpaired) electrons. The summed E-state index contributed by atoms with van der Waals surface area (Å²) in [5.41, 5.74) is 3.94. The van der Waals surface area contributed by atoms with Gasteiger partial charge in [-0.2, -0.15) is 0 Å². The lowest BCUT2D eigenvalue weighted by atomic mass is 9.92. The second kappa shape index (κ2) is 9.53. The van der Waals surface area contributed by atoms with Gasteiger partial charge in [-0.1, -0.05) is 44.2 Å². The maximum absolute atomic E-state index is 13.4. The van der Waals surface area contributed by atoms with Gasteiger partial charge < -0.3 is 14.6 Å². The van der Waals surface area contributed by atoms with Crippen molar-refractivity contribution in [3.63, 3.8) is 0 Å². The molecule has 0 saturated carbocycles. The summed E-state index contributed by atoms with van der Waals surface area (Å²) in [7, 11) is 0. The van der Waals surface area contributed by atoms with Crippen molar-refractivity contribution < 1.29 is 24.2 Å². The number of aliphatic hydroxyl groups is 1. The fourth-order valence-corrected chi connectivity index (χ4v) is 4.86. The molecule has 1 atom stereocenters. The van der Waals surface area contributed by atoms with Crippen LogP contribution in [0.4, 0.5) is 5.69 Å². The molecular weight excluding hydrogens is 454 g/mol. The molecule has 36 heavy (non-hydrogen) atoms. The van der Waals surface area contributed by atoms with Crippen LogP contribution in [-0.4, -0.2) is 30.0 Å². The third-order valence-electron chi connectivity index (χ3n) is 6.73. The molecule has 0 aliphatic carbocycles. The van der Waals surface area contributed by atoms with Crippen LogP contribution in [0.1, 0.15) is 55.0 Å². The van der Waals surface area contributed by atoms with Gasteiger partial charge in [-0.15, -0.1) is 0 Å². The summed E-state index contributed by atoms with van der Waals surface area (Å²) in [6.45, 7) is 7.17. The van der Waals surface area contributed by atoms with E-state index in [9.17, 15) is 14.7 Å². The largest absolute Gasteiger partial charge is 0.507 e. The van der Waals surface area contributed by atoms with Crippen molar-refractivity contribution in [3.05, 3.63) is 94.6 Å². The second-order valence-electron chi connectivity index (χ2n) is 9.34. The Kier molecular flexibility index (Phi) is 6.27. The minimum atomic E-state index is -0.785. The Labute approximate surface area is 210 Å². The van der Waals surface area contributed by atoms with Gasteiger partial charge in [0, 0.05) is 23.7 Å². The van der Waals surface area contributed by atoms with Crippen LogP contribution < -0.4 is 14.4 Å². The first kappa shape index (κ1) is 23.7. The summed E-state index contributed by atoms with van der Waals surface area (Å²) in [6.07, 6.45) is 0.731. The lowest BCUT2D eigenvalue weighted by molar-refractivity contribution is -0.132. The first-order valence-corrected chi connectivity index (χ1v) is 12.3. The van der Waals surface area contributed by atoms with Crippen molar-refractivity contribution in [2.24, 2.45) is 0 Å². The van der Waals surface area contributed by atoms with E-state index in [2.05, 4.69) is 13.8 Å². The van der Waals surface area contributed by atoms with Gasteiger partial charge in [0.05, 0.1) is 24.8 Å². The summed E-state index contributed by atoms with van der Waals surface area (Å²) >= 11 is 0. The fourth-order valence-electron chi connectivity index (χ4n) is 4.86. The Morgan fingerprint density at radius 2 is 1.86 bits per heavy atom. The molecule has 0 aromatic heterocycles. The minimum Gasteiger partial charge on any atom is -0.507 e. The number of hydrogen-bond acceptors (Lipinski definition) is 5. The summed E-state index contributed by atoms with van der Waals surface area (Å²) in [4.78, 5) is 28.3. The number of amides is 1. The SMILES string of the molecule is CCOc1cccc(N2C(=O)C(=O)/C(=C(\O)c3ccc4c(c3)CCO4)C2c2ccc(C(C)C)cc2)c1. The lowest BCUT2D eigenvalue weighted by Gasteiger charge is -2.26. The summed E-state index contributed by atoms with van der Waals surface area (Å²) in [6, 6.07) is 19.5. The van der Waals surface area contributed by atoms with Crippen molar-refractivity contribution in [3.8, 4) is 11.5 Å². The zero-order chi connectivity index (χ0) is 25.4. The number of aliphatic hydroxyl groups excluding tert-OH is 1. The van der Waals surface area contributed by atoms with Crippen LogP contribution in [-0.2, 0) is 16.0 Å². The van der Waals surface area contributed by atoms with Crippen molar-refractivity contribution in [1.29, 1.82) is 0 Å². The molecule has 184 valence electrons. The Morgan fingerprint density at radius 1 is 1.08 bits per heavy atom. The van der Waals surface area contributed by atoms with Gasteiger partial charge in [-0.3, -0.25) is 14.5 Å². The predicted octanol–water partition coefficient (Wildman–Crippen LogP) is 5.77. The van der Waals surface area contributed by atoms with Gasteiger partial charge in [-0.25, -0.2) is 0 Å². The predicted molar refractivity (Wildman–Crippen MR) is 139 cm³/mol. The highest BCUT2D eigenvalue weighted by Crippen LogP contribution is 2.43. The summed E-state index contributed by atoms with van der Waals surface area (Å²) in [5.74, 6) is 0.119. The van der Waals surface area contributed by atoms with E-state index in [-0.39, 0.29) is 11.3 Å². The molecule has 1 saturated heterocycles. The molecule has 5 rings (SSSR count). The zero-order valence-electron chi connectivity index (χ0n) is 20.7. The molecule has 3 aromatic rings. The van der Waals surface area contributed by atoms with Crippen LogP contribution in [0.5, 0.6) is 11.5 Å². The van der Waals surface area contributed by atoms with Gasteiger partial charge in [0.2, 0.25) is 0 Å². The number of carbonyl (C=O) groups is 2. The third kappa shape index (κ3) is 4.13. The normalized spacial score (nSPS) is 18.4. The van der Waals surface area contributed by atoms with Crippen molar-refractivity contribution in [1.82, 2.24) is 0 Å². The molecule has 2 aliphatic heterocycles.